The molecule has 0 aliphatic heterocycles. The molecule has 14 heavy (non-hydrogen) atoms. The second kappa shape index (κ2) is 6.98. The Morgan fingerprint density at radius 2 is 2.43 bits per heavy atom. The summed E-state index contributed by atoms with van der Waals surface area (Å²) in [6.07, 6.45) is 8.35. The van der Waals surface area contributed by atoms with Crippen LogP contribution in [0.25, 0.3) is 0 Å². The first-order valence-corrected chi connectivity index (χ1v) is 5.61. The van der Waals surface area contributed by atoms with Crippen LogP contribution in [-0.2, 0) is 4.74 Å². The summed E-state index contributed by atoms with van der Waals surface area (Å²) in [6, 6.07) is 0.224. The first kappa shape index (κ1) is 11.7. The Bertz CT molecular complexity index is 180. The summed E-state index contributed by atoms with van der Waals surface area (Å²) in [5.74, 6) is 5.52. The second-order valence-corrected chi connectivity index (χ2v) is 3.82. The van der Waals surface area contributed by atoms with Crippen molar-refractivity contribution < 1.29 is 4.74 Å². The molecule has 1 aliphatic rings. The van der Waals surface area contributed by atoms with E-state index in [0.29, 0.717) is 6.61 Å². The maximum absolute atomic E-state index is 5.52. The predicted octanol–water partition coefficient (Wildman–Crippen LogP) is 1.75. The standard InChI is InChI=1S/C11H22N2O/c1-2-8-14-9-11(13-12)10-6-4-3-5-7-10/h6,11,13H,2-5,7-9,12H2,1H3. The summed E-state index contributed by atoms with van der Waals surface area (Å²) >= 11 is 0. The predicted molar refractivity (Wildman–Crippen MR) is 58.8 cm³/mol. The van der Waals surface area contributed by atoms with E-state index < -0.39 is 0 Å². The van der Waals surface area contributed by atoms with Gasteiger partial charge in [0.15, 0.2) is 0 Å². The van der Waals surface area contributed by atoms with Gasteiger partial charge in [-0.05, 0) is 32.1 Å². The van der Waals surface area contributed by atoms with Gasteiger partial charge in [0.2, 0.25) is 0 Å². The molecule has 0 aromatic heterocycles. The molecule has 1 unspecified atom stereocenters. The molecule has 0 spiro atoms. The van der Waals surface area contributed by atoms with E-state index in [1.54, 1.807) is 0 Å². The fraction of sp³-hybridized carbons (Fsp3) is 0.818. The molecule has 0 bridgehead atoms. The quantitative estimate of drug-likeness (QED) is 0.296. The molecule has 3 heteroatoms. The van der Waals surface area contributed by atoms with Crippen molar-refractivity contribution in [1.29, 1.82) is 0 Å². The van der Waals surface area contributed by atoms with Crippen molar-refractivity contribution in [2.75, 3.05) is 13.2 Å². The molecule has 1 aliphatic carbocycles. The lowest BCUT2D eigenvalue weighted by atomic mass is 9.94. The van der Waals surface area contributed by atoms with Gasteiger partial charge in [0, 0.05) is 6.61 Å². The molecule has 0 saturated heterocycles. The minimum atomic E-state index is 0.224. The summed E-state index contributed by atoms with van der Waals surface area (Å²) in [4.78, 5) is 0. The topological polar surface area (TPSA) is 47.3 Å². The van der Waals surface area contributed by atoms with Crippen molar-refractivity contribution in [3.63, 3.8) is 0 Å². The van der Waals surface area contributed by atoms with Crippen molar-refractivity contribution in [1.82, 2.24) is 5.43 Å². The van der Waals surface area contributed by atoms with Crippen LogP contribution in [0.1, 0.15) is 39.0 Å². The highest BCUT2D eigenvalue weighted by Crippen LogP contribution is 2.20. The summed E-state index contributed by atoms with van der Waals surface area (Å²) in [6.45, 7) is 3.65. The molecule has 0 aromatic rings. The number of hydrogen-bond donors (Lipinski definition) is 2. The SMILES string of the molecule is CCCOCC(NN)C1=CCCCC1. The summed E-state index contributed by atoms with van der Waals surface area (Å²) in [5, 5.41) is 0. The van der Waals surface area contributed by atoms with Gasteiger partial charge < -0.3 is 4.74 Å². The van der Waals surface area contributed by atoms with Crippen LogP contribution in [0.5, 0.6) is 0 Å². The minimum Gasteiger partial charge on any atom is -0.379 e. The minimum absolute atomic E-state index is 0.224. The zero-order valence-corrected chi connectivity index (χ0v) is 9.09. The maximum Gasteiger partial charge on any atom is 0.0671 e. The monoisotopic (exact) mass is 198 g/mol. The van der Waals surface area contributed by atoms with Crippen LogP contribution in [0.4, 0.5) is 0 Å². The Balaban J connectivity index is 2.32. The highest BCUT2D eigenvalue weighted by molar-refractivity contribution is 5.12. The second-order valence-electron chi connectivity index (χ2n) is 3.82. The Hall–Kier alpha value is -0.380. The van der Waals surface area contributed by atoms with Gasteiger partial charge in [0.1, 0.15) is 0 Å². The lowest BCUT2D eigenvalue weighted by molar-refractivity contribution is 0.119. The van der Waals surface area contributed by atoms with E-state index in [2.05, 4.69) is 18.4 Å². The third-order valence-electron chi connectivity index (χ3n) is 2.61. The summed E-state index contributed by atoms with van der Waals surface area (Å²) < 4.78 is 5.51. The van der Waals surface area contributed by atoms with Gasteiger partial charge in [-0.15, -0.1) is 0 Å². The lowest BCUT2D eigenvalue weighted by Crippen LogP contribution is -2.40. The van der Waals surface area contributed by atoms with E-state index in [0.717, 1.165) is 13.0 Å². The molecule has 3 nitrogen and oxygen atoms in total. The molecule has 0 aromatic carbocycles. The molecule has 1 rings (SSSR count). The fourth-order valence-electron chi connectivity index (χ4n) is 1.79. The van der Waals surface area contributed by atoms with E-state index in [1.807, 2.05) is 0 Å². The van der Waals surface area contributed by atoms with Crippen LogP contribution in [0, 0.1) is 0 Å². The normalized spacial score (nSPS) is 19.1. The van der Waals surface area contributed by atoms with Crippen molar-refractivity contribution in [3.05, 3.63) is 11.6 Å². The molecule has 3 N–H and O–H groups in total. The van der Waals surface area contributed by atoms with Gasteiger partial charge >= 0.3 is 0 Å². The number of rotatable bonds is 6. The van der Waals surface area contributed by atoms with Gasteiger partial charge in [-0.2, -0.15) is 0 Å². The van der Waals surface area contributed by atoms with E-state index in [1.165, 1.54) is 31.3 Å². The number of nitrogens with two attached hydrogens (primary N) is 1. The third-order valence-corrected chi connectivity index (χ3v) is 2.61. The summed E-state index contributed by atoms with van der Waals surface area (Å²) in [7, 11) is 0. The van der Waals surface area contributed by atoms with Crippen LogP contribution in [0.2, 0.25) is 0 Å². The molecule has 0 fully saturated rings. The highest BCUT2D eigenvalue weighted by atomic mass is 16.5. The molecule has 0 amide bonds. The van der Waals surface area contributed by atoms with Gasteiger partial charge in [-0.1, -0.05) is 18.6 Å². The van der Waals surface area contributed by atoms with Gasteiger partial charge in [-0.3, -0.25) is 11.3 Å². The Morgan fingerprint density at radius 1 is 1.57 bits per heavy atom. The first-order chi connectivity index (χ1) is 6.88. The summed E-state index contributed by atoms with van der Waals surface area (Å²) in [5.41, 5.74) is 4.26. The zero-order chi connectivity index (χ0) is 10.2. The van der Waals surface area contributed by atoms with E-state index >= 15 is 0 Å². The molecule has 0 radical (unpaired) electrons. The van der Waals surface area contributed by atoms with E-state index in [4.69, 9.17) is 10.6 Å². The smallest absolute Gasteiger partial charge is 0.0671 e. The Labute approximate surface area is 86.7 Å². The number of allylic oxidation sites excluding steroid dienone is 1. The van der Waals surface area contributed by atoms with Crippen molar-refractivity contribution in [3.8, 4) is 0 Å². The fourth-order valence-corrected chi connectivity index (χ4v) is 1.79. The van der Waals surface area contributed by atoms with Gasteiger partial charge in [0.25, 0.3) is 0 Å². The molecule has 82 valence electrons. The number of hydrogen-bond acceptors (Lipinski definition) is 3. The van der Waals surface area contributed by atoms with Crippen molar-refractivity contribution in [2.45, 2.75) is 45.1 Å². The first-order valence-electron chi connectivity index (χ1n) is 5.61. The average molecular weight is 198 g/mol. The molecular weight excluding hydrogens is 176 g/mol. The zero-order valence-electron chi connectivity index (χ0n) is 9.09. The van der Waals surface area contributed by atoms with Crippen LogP contribution in [-0.4, -0.2) is 19.3 Å². The Morgan fingerprint density at radius 3 is 3.00 bits per heavy atom. The lowest BCUT2D eigenvalue weighted by Gasteiger charge is -2.22. The number of hydrazine groups is 1. The van der Waals surface area contributed by atoms with Crippen molar-refractivity contribution in [2.24, 2.45) is 5.84 Å². The van der Waals surface area contributed by atoms with Gasteiger partial charge in [0.05, 0.1) is 12.6 Å². The number of nitrogens with one attached hydrogen (secondary N) is 1. The highest BCUT2D eigenvalue weighted by Gasteiger charge is 2.14. The third kappa shape index (κ3) is 3.78. The molecule has 0 saturated carbocycles. The van der Waals surface area contributed by atoms with Crippen LogP contribution in [0.3, 0.4) is 0 Å². The van der Waals surface area contributed by atoms with Crippen LogP contribution in [0.15, 0.2) is 11.6 Å². The number of ether oxygens (including phenoxy) is 1. The Kier molecular flexibility index (Phi) is 5.83. The average Bonchev–Trinajstić information content (AvgIpc) is 2.26. The molecule has 1 atom stereocenters. The van der Waals surface area contributed by atoms with E-state index in [-0.39, 0.29) is 6.04 Å². The molecule has 0 heterocycles. The largest absolute Gasteiger partial charge is 0.379 e. The van der Waals surface area contributed by atoms with Gasteiger partial charge in [-0.25, -0.2) is 0 Å². The van der Waals surface area contributed by atoms with Crippen LogP contribution < -0.4 is 11.3 Å². The van der Waals surface area contributed by atoms with Crippen LogP contribution >= 0.6 is 0 Å². The van der Waals surface area contributed by atoms with Crippen molar-refractivity contribution >= 4 is 0 Å². The maximum atomic E-state index is 5.52. The van der Waals surface area contributed by atoms with E-state index in [9.17, 15) is 0 Å². The molecular formula is C11H22N2O.